The summed E-state index contributed by atoms with van der Waals surface area (Å²) in [4.78, 5) is 20.4. The number of hydrogen-bond donors (Lipinski definition) is 4. The zero-order valence-electron chi connectivity index (χ0n) is 24.8. The smallest absolute Gasteiger partial charge is 0.241 e. The summed E-state index contributed by atoms with van der Waals surface area (Å²) in [6.07, 6.45) is 3.61. The number of hydrogen-bond acceptors (Lipinski definition) is 5. The third kappa shape index (κ3) is 6.39. The van der Waals surface area contributed by atoms with Crippen molar-refractivity contribution in [3.8, 4) is 0 Å². The van der Waals surface area contributed by atoms with Crippen LogP contribution >= 0.6 is 0 Å². The van der Waals surface area contributed by atoms with E-state index in [4.69, 9.17) is 16.1 Å². The van der Waals surface area contributed by atoms with Gasteiger partial charge in [-0.05, 0) is 72.9 Å². The second-order valence-electron chi connectivity index (χ2n) is 11.6. The van der Waals surface area contributed by atoms with E-state index < -0.39 is 0 Å². The van der Waals surface area contributed by atoms with Crippen LogP contribution in [0, 0.1) is 5.41 Å². The van der Waals surface area contributed by atoms with Crippen LogP contribution in [0.15, 0.2) is 84.9 Å². The molecule has 5 aromatic rings. The highest BCUT2D eigenvalue weighted by molar-refractivity contribution is 5.96. The predicted molar refractivity (Wildman–Crippen MR) is 176 cm³/mol. The van der Waals surface area contributed by atoms with Crippen molar-refractivity contribution in [1.29, 1.82) is 5.41 Å². The Hall–Kier alpha value is -4.69. The lowest BCUT2D eigenvalue weighted by atomic mass is 10.0. The van der Waals surface area contributed by atoms with Gasteiger partial charge in [-0.15, -0.1) is 0 Å². The van der Waals surface area contributed by atoms with E-state index in [1.807, 2.05) is 56.4 Å². The van der Waals surface area contributed by atoms with Crippen molar-refractivity contribution in [2.24, 2.45) is 12.8 Å². The number of likely N-dealkylation sites (tertiary alicyclic amines) is 1. The Morgan fingerprint density at radius 2 is 1.67 bits per heavy atom. The van der Waals surface area contributed by atoms with Crippen molar-refractivity contribution in [3.05, 3.63) is 102 Å². The maximum Gasteiger partial charge on any atom is 0.241 e. The summed E-state index contributed by atoms with van der Waals surface area (Å²) in [7, 11) is 2.03. The molecule has 0 saturated carbocycles. The molecule has 43 heavy (non-hydrogen) atoms. The summed E-state index contributed by atoms with van der Waals surface area (Å²) < 4.78 is 2.11. The average Bonchev–Trinajstić information content (AvgIpc) is 3.34. The van der Waals surface area contributed by atoms with E-state index in [0.717, 1.165) is 72.6 Å². The van der Waals surface area contributed by atoms with Gasteiger partial charge in [0, 0.05) is 49.5 Å². The Kier molecular flexibility index (Phi) is 8.11. The van der Waals surface area contributed by atoms with Crippen LogP contribution in [0.4, 0.5) is 11.4 Å². The fourth-order valence-corrected chi connectivity index (χ4v) is 6.02. The molecule has 220 valence electrons. The molecule has 1 saturated heterocycles. The fraction of sp³-hybridized carbons (Fsp3) is 0.286. The largest absolute Gasteiger partial charge is 0.384 e. The number of benzene rings is 4. The van der Waals surface area contributed by atoms with Gasteiger partial charge in [-0.3, -0.25) is 15.1 Å². The van der Waals surface area contributed by atoms with E-state index in [1.54, 1.807) is 0 Å². The lowest BCUT2D eigenvalue weighted by molar-refractivity contribution is -0.121. The van der Waals surface area contributed by atoms with Crippen molar-refractivity contribution < 1.29 is 4.79 Å². The third-order valence-electron chi connectivity index (χ3n) is 8.72. The molecule has 1 fully saturated rings. The first-order valence-electron chi connectivity index (χ1n) is 15.0. The van der Waals surface area contributed by atoms with Gasteiger partial charge in [0.25, 0.3) is 0 Å². The summed E-state index contributed by atoms with van der Waals surface area (Å²) in [5.74, 6) is 1.07. The molecule has 1 aliphatic rings. The van der Waals surface area contributed by atoms with Crippen LogP contribution in [-0.2, 0) is 24.7 Å². The normalized spacial score (nSPS) is 15.0. The number of imidazole rings is 1. The van der Waals surface area contributed by atoms with Crippen LogP contribution in [0.2, 0.25) is 0 Å². The Morgan fingerprint density at radius 3 is 2.42 bits per heavy atom. The number of anilines is 2. The number of nitrogens with one attached hydrogen (secondary N) is 3. The van der Waals surface area contributed by atoms with E-state index in [1.165, 1.54) is 16.3 Å². The molecular formula is C35H39N7O. The molecule has 1 aromatic heterocycles. The number of fused-ring (bicyclic) bond motifs is 2. The van der Waals surface area contributed by atoms with Gasteiger partial charge in [0.05, 0.1) is 17.1 Å². The molecule has 5 N–H and O–H groups in total. The minimum atomic E-state index is -0.217. The number of carbonyl (C=O) groups excluding carboxylic acids is 1. The number of nitrogen functional groups attached to an aromatic ring is 1. The lowest BCUT2D eigenvalue weighted by Crippen LogP contribution is -2.48. The zero-order chi connectivity index (χ0) is 29.9. The highest BCUT2D eigenvalue weighted by Crippen LogP contribution is 2.24. The molecule has 1 unspecified atom stereocenters. The molecule has 0 spiro atoms. The molecule has 8 heteroatoms. The van der Waals surface area contributed by atoms with E-state index >= 15 is 0 Å². The third-order valence-corrected chi connectivity index (χ3v) is 8.72. The molecule has 1 atom stereocenters. The van der Waals surface area contributed by atoms with Crippen LogP contribution < -0.4 is 16.4 Å². The molecule has 0 bridgehead atoms. The molecule has 4 aromatic carbocycles. The monoisotopic (exact) mass is 573 g/mol. The number of amidine groups is 1. The first-order chi connectivity index (χ1) is 20.8. The van der Waals surface area contributed by atoms with Crippen LogP contribution in [0.1, 0.15) is 36.7 Å². The van der Waals surface area contributed by atoms with Crippen LogP contribution in [0.3, 0.4) is 0 Å². The van der Waals surface area contributed by atoms with Crippen molar-refractivity contribution in [1.82, 2.24) is 14.5 Å². The molecule has 1 aliphatic heterocycles. The SMILES string of the molecule is CC(C(=O)Nc1ccc2c(c1)nc(CCc1ccc(C(=N)N)cc1)n2C)N1CCC(Nc2ccc3ccccc3c2)CC1. The Morgan fingerprint density at radius 1 is 0.953 bits per heavy atom. The van der Waals surface area contributed by atoms with Gasteiger partial charge < -0.3 is 20.9 Å². The Labute approximate surface area is 252 Å². The maximum atomic E-state index is 13.2. The molecule has 2 heterocycles. The van der Waals surface area contributed by atoms with Gasteiger partial charge in [-0.2, -0.15) is 0 Å². The van der Waals surface area contributed by atoms with Crippen molar-refractivity contribution in [2.75, 3.05) is 23.7 Å². The number of piperidine rings is 1. The van der Waals surface area contributed by atoms with Gasteiger partial charge in [0.1, 0.15) is 11.7 Å². The second-order valence-corrected chi connectivity index (χ2v) is 11.6. The second kappa shape index (κ2) is 12.3. The lowest BCUT2D eigenvalue weighted by Gasteiger charge is -2.36. The van der Waals surface area contributed by atoms with Crippen molar-refractivity contribution in [2.45, 2.75) is 44.7 Å². The molecule has 6 rings (SSSR count). The Bertz CT molecular complexity index is 1770. The quantitative estimate of drug-likeness (QED) is 0.134. The van der Waals surface area contributed by atoms with E-state index in [9.17, 15) is 4.79 Å². The minimum Gasteiger partial charge on any atom is -0.384 e. The Balaban J connectivity index is 1.02. The van der Waals surface area contributed by atoms with Gasteiger partial charge >= 0.3 is 0 Å². The summed E-state index contributed by atoms with van der Waals surface area (Å²) in [5.41, 5.74) is 11.3. The highest BCUT2D eigenvalue weighted by Gasteiger charge is 2.27. The number of rotatable bonds is 9. The van der Waals surface area contributed by atoms with Crippen molar-refractivity contribution >= 4 is 44.9 Å². The number of carbonyl (C=O) groups is 1. The average molecular weight is 574 g/mol. The van der Waals surface area contributed by atoms with E-state index in [0.29, 0.717) is 6.04 Å². The highest BCUT2D eigenvalue weighted by atomic mass is 16.2. The summed E-state index contributed by atoms with van der Waals surface area (Å²) >= 11 is 0. The van der Waals surface area contributed by atoms with Gasteiger partial charge in [-0.25, -0.2) is 4.98 Å². The van der Waals surface area contributed by atoms with Crippen LogP contribution in [0.25, 0.3) is 21.8 Å². The number of amides is 1. The number of aromatic nitrogens is 2. The summed E-state index contributed by atoms with van der Waals surface area (Å²) in [6, 6.07) is 28.9. The topological polar surface area (TPSA) is 112 Å². The molecular weight excluding hydrogens is 534 g/mol. The fourth-order valence-electron chi connectivity index (χ4n) is 6.02. The first kappa shape index (κ1) is 28.4. The minimum absolute atomic E-state index is 0.00505. The maximum absolute atomic E-state index is 13.2. The van der Waals surface area contributed by atoms with Gasteiger partial charge in [-0.1, -0.05) is 54.6 Å². The van der Waals surface area contributed by atoms with Crippen LogP contribution in [-0.4, -0.2) is 51.4 Å². The van der Waals surface area contributed by atoms with E-state index in [2.05, 4.69) is 62.6 Å². The summed E-state index contributed by atoms with van der Waals surface area (Å²) in [5, 5.41) is 16.9. The zero-order valence-corrected chi connectivity index (χ0v) is 24.8. The van der Waals surface area contributed by atoms with Gasteiger partial charge in [0.2, 0.25) is 5.91 Å². The molecule has 8 nitrogen and oxygen atoms in total. The predicted octanol–water partition coefficient (Wildman–Crippen LogP) is 5.70. The number of nitrogens with two attached hydrogens (primary N) is 1. The number of aryl methyl sites for hydroxylation is 3. The van der Waals surface area contributed by atoms with Crippen LogP contribution in [0.5, 0.6) is 0 Å². The molecule has 1 amide bonds. The number of nitrogens with zero attached hydrogens (tertiary/aromatic N) is 3. The molecule has 0 radical (unpaired) electrons. The first-order valence-corrected chi connectivity index (χ1v) is 15.0. The summed E-state index contributed by atoms with van der Waals surface area (Å²) in [6.45, 7) is 3.74. The standard InChI is InChI=1S/C35H39N7O/c1-23(42-19-17-28(18-20-42)38-29-13-12-25-5-3-4-6-27(25)21-29)35(43)39-30-14-15-32-31(22-30)40-33(41(32)2)16-9-24-7-10-26(11-8-24)34(36)37/h3-8,10-15,21-23,28,38H,9,16-20H2,1-2H3,(H3,36,37)(H,39,43). The molecule has 0 aliphatic carbocycles. The van der Waals surface area contributed by atoms with E-state index in [-0.39, 0.29) is 17.8 Å². The van der Waals surface area contributed by atoms with Gasteiger partial charge in [0.15, 0.2) is 0 Å². The van der Waals surface area contributed by atoms with Crippen molar-refractivity contribution in [3.63, 3.8) is 0 Å².